The van der Waals surface area contributed by atoms with Gasteiger partial charge < -0.3 is 10.5 Å². The molecule has 0 atom stereocenters. The lowest BCUT2D eigenvalue weighted by Gasteiger charge is -2.16. The molecule has 5 rings (SSSR count). The summed E-state index contributed by atoms with van der Waals surface area (Å²) in [6.45, 7) is 0. The van der Waals surface area contributed by atoms with Crippen LogP contribution in [0.5, 0.6) is 0 Å². The van der Waals surface area contributed by atoms with Crippen LogP contribution in [0.2, 0.25) is 0 Å². The summed E-state index contributed by atoms with van der Waals surface area (Å²) in [6, 6.07) is 23.6. The molecule has 2 N–H and O–H groups in total. The Morgan fingerprint density at radius 2 is 1.65 bits per heavy atom. The Kier molecular flexibility index (Phi) is 6.47. The van der Waals surface area contributed by atoms with Crippen LogP contribution in [0.4, 0.5) is 20.2 Å². The summed E-state index contributed by atoms with van der Waals surface area (Å²) in [6.07, 6.45) is 1.14. The zero-order valence-corrected chi connectivity index (χ0v) is 19.5. The molecule has 0 saturated heterocycles. The molecule has 0 aliphatic carbocycles. The molecule has 8 heteroatoms. The van der Waals surface area contributed by atoms with E-state index in [1.807, 2.05) is 54.6 Å². The fourth-order valence-electron chi connectivity index (χ4n) is 4.21. The summed E-state index contributed by atoms with van der Waals surface area (Å²) in [7, 11) is 0. The number of carbonyl (C=O) groups excluding carboxylic acids is 1. The van der Waals surface area contributed by atoms with E-state index in [4.69, 9.17) is 0 Å². The quantitative estimate of drug-likeness (QED) is 0.209. The van der Waals surface area contributed by atoms with Crippen LogP contribution in [0.25, 0.3) is 22.2 Å². The molecule has 0 fully saturated rings. The van der Waals surface area contributed by atoms with Crippen LogP contribution < -0.4 is 10.9 Å². The highest BCUT2D eigenvalue weighted by atomic mass is 19.1. The summed E-state index contributed by atoms with van der Waals surface area (Å²) < 4.78 is 27.7. The number of halogens is 2. The van der Waals surface area contributed by atoms with Gasteiger partial charge in [0.15, 0.2) is 11.4 Å². The molecule has 0 spiro atoms. The van der Waals surface area contributed by atoms with E-state index in [1.54, 1.807) is 12.1 Å². The summed E-state index contributed by atoms with van der Waals surface area (Å²) in [5.74, 6) is -2.10. The second-order valence-corrected chi connectivity index (χ2v) is 8.47. The molecular weight excluding hydrogens is 476 g/mol. The molecule has 0 aliphatic rings. The number of benzene rings is 3. The zero-order chi connectivity index (χ0) is 25.9. The standard InChI is InChI=1S/C29H21F2N3O3/c30-21-12-8-20(24(31)17-21)11-15-25(35)26-27(23-7-4-16-32-28(23)34(37)29(26)36)33-22-13-9-19(10-14-22)18-5-2-1-3-6-18/h1-10,12-14,16-17,33,37H,11,15H2. The molecule has 0 unspecified atom stereocenters. The van der Waals surface area contributed by atoms with Crippen molar-refractivity contribution in [2.45, 2.75) is 12.8 Å². The van der Waals surface area contributed by atoms with Gasteiger partial charge in [-0.25, -0.2) is 13.8 Å². The Morgan fingerprint density at radius 1 is 0.919 bits per heavy atom. The summed E-state index contributed by atoms with van der Waals surface area (Å²) in [4.78, 5) is 30.5. The third kappa shape index (κ3) is 4.81. The maximum absolute atomic E-state index is 14.1. The first-order valence-corrected chi connectivity index (χ1v) is 11.5. The van der Waals surface area contributed by atoms with E-state index in [1.165, 1.54) is 12.3 Å². The number of aryl methyl sites for hydroxylation is 1. The number of rotatable bonds is 7. The van der Waals surface area contributed by atoms with E-state index < -0.39 is 23.0 Å². The van der Waals surface area contributed by atoms with Crippen LogP contribution in [0.1, 0.15) is 22.3 Å². The first-order chi connectivity index (χ1) is 17.9. The van der Waals surface area contributed by atoms with Crippen LogP contribution in [-0.4, -0.2) is 20.7 Å². The number of hydrogen-bond donors (Lipinski definition) is 2. The molecule has 0 saturated carbocycles. The van der Waals surface area contributed by atoms with E-state index in [2.05, 4.69) is 10.3 Å². The van der Waals surface area contributed by atoms with Crippen molar-refractivity contribution in [2.24, 2.45) is 0 Å². The van der Waals surface area contributed by atoms with Gasteiger partial charge >= 0.3 is 0 Å². The largest absolute Gasteiger partial charge is 0.423 e. The van der Waals surface area contributed by atoms with E-state index in [0.717, 1.165) is 23.3 Å². The van der Waals surface area contributed by atoms with Crippen LogP contribution in [-0.2, 0) is 6.42 Å². The fourth-order valence-corrected chi connectivity index (χ4v) is 4.21. The minimum Gasteiger partial charge on any atom is -0.423 e. The van der Waals surface area contributed by atoms with Gasteiger partial charge in [0.2, 0.25) is 0 Å². The molecule has 5 aromatic rings. The second-order valence-electron chi connectivity index (χ2n) is 8.47. The SMILES string of the molecule is O=C(CCc1ccc(F)cc1F)c1c(Nc2ccc(-c3ccccc3)cc2)c2cccnc2n(O)c1=O. The van der Waals surface area contributed by atoms with Crippen LogP contribution in [0.15, 0.2) is 95.9 Å². The molecule has 37 heavy (non-hydrogen) atoms. The first-order valence-electron chi connectivity index (χ1n) is 11.5. The van der Waals surface area contributed by atoms with Gasteiger partial charge in [0.05, 0.1) is 5.69 Å². The minimum absolute atomic E-state index is 0.0166. The average molecular weight is 498 g/mol. The van der Waals surface area contributed by atoms with E-state index in [-0.39, 0.29) is 35.3 Å². The third-order valence-electron chi connectivity index (χ3n) is 6.09. The molecule has 0 bridgehead atoms. The van der Waals surface area contributed by atoms with Gasteiger partial charge in [0.1, 0.15) is 17.2 Å². The van der Waals surface area contributed by atoms with Crippen LogP contribution in [0, 0.1) is 11.6 Å². The minimum atomic E-state index is -0.945. The van der Waals surface area contributed by atoms with Crippen molar-refractivity contribution >= 4 is 28.2 Å². The second kappa shape index (κ2) is 10.0. The van der Waals surface area contributed by atoms with Gasteiger partial charge in [-0.1, -0.05) is 48.5 Å². The lowest BCUT2D eigenvalue weighted by molar-refractivity contribution is 0.0976. The lowest BCUT2D eigenvalue weighted by atomic mass is 10.00. The number of nitrogens with one attached hydrogen (secondary N) is 1. The molecule has 3 aromatic carbocycles. The average Bonchev–Trinajstić information content (AvgIpc) is 2.92. The number of fused-ring (bicyclic) bond motifs is 1. The smallest absolute Gasteiger partial charge is 0.297 e. The van der Waals surface area contributed by atoms with Gasteiger partial charge in [-0.15, -0.1) is 4.73 Å². The van der Waals surface area contributed by atoms with Gasteiger partial charge in [-0.2, -0.15) is 0 Å². The van der Waals surface area contributed by atoms with Crippen LogP contribution >= 0.6 is 0 Å². The van der Waals surface area contributed by atoms with Crippen molar-refractivity contribution in [1.29, 1.82) is 0 Å². The predicted octanol–water partition coefficient (Wildman–Crippen LogP) is 6.14. The number of aromatic nitrogens is 2. The number of ketones is 1. The molecule has 0 amide bonds. The fraction of sp³-hybridized carbons (Fsp3) is 0.0690. The molecule has 6 nitrogen and oxygen atoms in total. The van der Waals surface area contributed by atoms with Crippen molar-refractivity contribution in [2.75, 3.05) is 5.32 Å². The Labute approximate surface area is 210 Å². The molecule has 2 heterocycles. The number of anilines is 2. The third-order valence-corrected chi connectivity index (χ3v) is 6.09. The van der Waals surface area contributed by atoms with Crippen molar-refractivity contribution < 1.29 is 18.8 Å². The molecule has 2 aromatic heterocycles. The Hall–Kier alpha value is -4.85. The Morgan fingerprint density at radius 3 is 2.38 bits per heavy atom. The number of nitrogens with zero attached hydrogens (tertiary/aromatic N) is 2. The predicted molar refractivity (Wildman–Crippen MR) is 137 cm³/mol. The molecule has 0 aliphatic heterocycles. The zero-order valence-electron chi connectivity index (χ0n) is 19.5. The summed E-state index contributed by atoms with van der Waals surface area (Å²) >= 11 is 0. The van der Waals surface area contributed by atoms with E-state index >= 15 is 0 Å². The van der Waals surface area contributed by atoms with Crippen molar-refractivity contribution in [3.63, 3.8) is 0 Å². The van der Waals surface area contributed by atoms with Crippen molar-refractivity contribution in [1.82, 2.24) is 9.71 Å². The highest BCUT2D eigenvalue weighted by Crippen LogP contribution is 2.30. The lowest BCUT2D eigenvalue weighted by Crippen LogP contribution is -2.27. The van der Waals surface area contributed by atoms with Gasteiger partial charge in [0.25, 0.3) is 5.56 Å². The monoisotopic (exact) mass is 497 g/mol. The normalized spacial score (nSPS) is 11.0. The van der Waals surface area contributed by atoms with Gasteiger partial charge in [-0.3, -0.25) is 9.59 Å². The number of hydrogen-bond acceptors (Lipinski definition) is 5. The molecule has 184 valence electrons. The highest BCUT2D eigenvalue weighted by Gasteiger charge is 2.23. The first kappa shape index (κ1) is 23.9. The summed E-state index contributed by atoms with van der Waals surface area (Å²) in [5, 5.41) is 14.0. The van der Waals surface area contributed by atoms with Crippen molar-refractivity contribution in [3.05, 3.63) is 124 Å². The van der Waals surface area contributed by atoms with Crippen molar-refractivity contribution in [3.8, 4) is 11.1 Å². The summed E-state index contributed by atoms with van der Waals surface area (Å²) in [5.41, 5.74) is 1.73. The molecular formula is C29H21F2N3O3. The Balaban J connectivity index is 1.52. The van der Waals surface area contributed by atoms with E-state index in [9.17, 15) is 23.6 Å². The molecule has 0 radical (unpaired) electrons. The maximum Gasteiger partial charge on any atom is 0.297 e. The Bertz CT molecular complexity index is 1670. The van der Waals surface area contributed by atoms with Gasteiger partial charge in [-0.05, 0) is 53.4 Å². The number of carbonyl (C=O) groups is 1. The number of Topliss-reactive ketones (excluding diaryl/α,β-unsaturated/α-hetero) is 1. The maximum atomic E-state index is 14.1. The highest BCUT2D eigenvalue weighted by molar-refractivity contribution is 6.08. The number of pyridine rings is 2. The van der Waals surface area contributed by atoms with E-state index in [0.29, 0.717) is 15.8 Å². The topological polar surface area (TPSA) is 84.2 Å². The van der Waals surface area contributed by atoms with Crippen LogP contribution in [0.3, 0.4) is 0 Å². The van der Waals surface area contributed by atoms with Gasteiger partial charge in [0, 0.05) is 29.8 Å².